The first-order valence-electron chi connectivity index (χ1n) is 7.06. The molecule has 0 radical (unpaired) electrons. The van der Waals surface area contributed by atoms with Gasteiger partial charge >= 0.3 is 0 Å². The molecular weight excluding hydrogens is 286 g/mol. The summed E-state index contributed by atoms with van der Waals surface area (Å²) in [5, 5.41) is 23.2. The molecule has 4 heteroatoms. The largest absolute Gasteiger partial charge is 0.508 e. The maximum atomic E-state index is 9.77. The Balaban J connectivity index is 2.25. The van der Waals surface area contributed by atoms with Gasteiger partial charge in [-0.1, -0.05) is 42.8 Å². The quantitative estimate of drug-likeness (QED) is 0.765. The summed E-state index contributed by atoms with van der Waals surface area (Å²) in [6, 6.07) is 14.6. The second-order valence-corrected chi connectivity index (χ2v) is 5.48. The molecule has 21 heavy (non-hydrogen) atoms. The molecule has 2 unspecified atom stereocenters. The Kier molecular flexibility index (Phi) is 5.62. The van der Waals surface area contributed by atoms with E-state index < -0.39 is 0 Å². The van der Waals surface area contributed by atoms with Gasteiger partial charge in [0.25, 0.3) is 0 Å². The van der Waals surface area contributed by atoms with E-state index in [-0.39, 0.29) is 17.9 Å². The Bertz CT molecular complexity index is 509. The zero-order valence-corrected chi connectivity index (χ0v) is 12.7. The maximum absolute atomic E-state index is 9.77. The second kappa shape index (κ2) is 7.46. The van der Waals surface area contributed by atoms with E-state index in [1.54, 1.807) is 12.1 Å². The van der Waals surface area contributed by atoms with Crippen LogP contribution in [0.25, 0.3) is 0 Å². The fraction of sp³-hybridized carbons (Fsp3) is 0.294. The van der Waals surface area contributed by atoms with Crippen molar-refractivity contribution in [1.82, 2.24) is 5.32 Å². The molecule has 0 aliphatic carbocycles. The molecule has 0 bridgehead atoms. The summed E-state index contributed by atoms with van der Waals surface area (Å²) < 4.78 is 0. The normalized spacial score (nSPS) is 13.9. The molecule has 0 fully saturated rings. The Morgan fingerprint density at radius 1 is 1.00 bits per heavy atom. The van der Waals surface area contributed by atoms with Gasteiger partial charge in [0.05, 0.1) is 12.1 Å². The third kappa shape index (κ3) is 4.46. The molecule has 112 valence electrons. The number of aliphatic hydroxyl groups is 1. The highest BCUT2D eigenvalue weighted by molar-refractivity contribution is 6.30. The predicted octanol–water partition coefficient (Wildman–Crippen LogP) is 3.50. The summed E-state index contributed by atoms with van der Waals surface area (Å²) >= 11 is 5.94. The minimum atomic E-state index is -0.378. The number of benzene rings is 2. The monoisotopic (exact) mass is 305 g/mol. The van der Waals surface area contributed by atoms with E-state index in [1.165, 1.54) is 0 Å². The topological polar surface area (TPSA) is 52.5 Å². The highest BCUT2D eigenvalue weighted by atomic mass is 35.5. The Labute approximate surface area is 130 Å². The molecule has 2 rings (SSSR count). The van der Waals surface area contributed by atoms with Crippen LogP contribution in [-0.2, 0) is 0 Å². The van der Waals surface area contributed by atoms with E-state index in [2.05, 4.69) is 5.32 Å². The van der Waals surface area contributed by atoms with E-state index in [4.69, 9.17) is 11.6 Å². The maximum Gasteiger partial charge on any atom is 0.115 e. The molecule has 0 amide bonds. The molecule has 0 aromatic heterocycles. The number of nitrogens with one attached hydrogen (secondary N) is 1. The van der Waals surface area contributed by atoms with Crippen molar-refractivity contribution in [2.45, 2.75) is 25.5 Å². The predicted molar refractivity (Wildman–Crippen MR) is 85.7 cm³/mol. The third-order valence-electron chi connectivity index (χ3n) is 3.46. The molecule has 0 saturated carbocycles. The first-order chi connectivity index (χ1) is 10.1. The number of hydrogen-bond acceptors (Lipinski definition) is 3. The van der Waals surface area contributed by atoms with Crippen LogP contribution in [0.4, 0.5) is 0 Å². The zero-order chi connectivity index (χ0) is 15.2. The van der Waals surface area contributed by atoms with Crippen molar-refractivity contribution in [2.24, 2.45) is 0 Å². The summed E-state index contributed by atoms with van der Waals surface area (Å²) in [5.41, 5.74) is 2.09. The van der Waals surface area contributed by atoms with Crippen molar-refractivity contribution in [3.05, 3.63) is 64.7 Å². The molecule has 2 aromatic carbocycles. The number of aromatic hydroxyl groups is 1. The summed E-state index contributed by atoms with van der Waals surface area (Å²) in [6.07, 6.45) is 0.326. The van der Waals surface area contributed by atoms with Gasteiger partial charge in [-0.25, -0.2) is 0 Å². The van der Waals surface area contributed by atoms with Gasteiger partial charge in [-0.05, 0) is 41.8 Å². The van der Waals surface area contributed by atoms with Crippen LogP contribution in [-0.4, -0.2) is 22.9 Å². The van der Waals surface area contributed by atoms with Crippen LogP contribution in [0.2, 0.25) is 5.02 Å². The summed E-state index contributed by atoms with van der Waals surface area (Å²) in [4.78, 5) is 0. The zero-order valence-electron chi connectivity index (χ0n) is 12.0. The SMILES string of the molecule is CCC(O)CNC(c1ccc(O)cc1)c1ccc(Cl)cc1. The number of rotatable bonds is 6. The average Bonchev–Trinajstić information content (AvgIpc) is 2.50. The number of aliphatic hydroxyl groups excluding tert-OH is 1. The van der Waals surface area contributed by atoms with Crippen molar-refractivity contribution in [3.8, 4) is 5.75 Å². The summed E-state index contributed by atoms with van der Waals surface area (Å²) in [7, 11) is 0. The van der Waals surface area contributed by atoms with E-state index in [0.717, 1.165) is 11.1 Å². The van der Waals surface area contributed by atoms with Crippen molar-refractivity contribution in [3.63, 3.8) is 0 Å². The first kappa shape index (κ1) is 15.8. The van der Waals surface area contributed by atoms with Crippen molar-refractivity contribution < 1.29 is 10.2 Å². The number of halogens is 1. The van der Waals surface area contributed by atoms with Gasteiger partial charge < -0.3 is 15.5 Å². The standard InChI is InChI=1S/C17H20ClNO2/c1-2-15(20)11-19-17(12-3-7-14(18)8-4-12)13-5-9-16(21)10-6-13/h3-10,15,17,19-21H,2,11H2,1H3. The van der Waals surface area contributed by atoms with Crippen LogP contribution in [0.3, 0.4) is 0 Å². The van der Waals surface area contributed by atoms with Crippen LogP contribution in [0.5, 0.6) is 5.75 Å². The second-order valence-electron chi connectivity index (χ2n) is 5.05. The van der Waals surface area contributed by atoms with Gasteiger partial charge in [0, 0.05) is 11.6 Å². The molecule has 2 aromatic rings. The summed E-state index contributed by atoms with van der Waals surface area (Å²) in [5.74, 6) is 0.238. The lowest BCUT2D eigenvalue weighted by molar-refractivity contribution is 0.165. The fourth-order valence-electron chi connectivity index (χ4n) is 2.15. The molecule has 0 spiro atoms. The average molecular weight is 306 g/mol. The molecule has 0 aliphatic rings. The van der Waals surface area contributed by atoms with Crippen LogP contribution < -0.4 is 5.32 Å². The molecule has 3 N–H and O–H groups in total. The van der Waals surface area contributed by atoms with Gasteiger partial charge in [-0.3, -0.25) is 0 Å². The highest BCUT2D eigenvalue weighted by Gasteiger charge is 2.15. The Morgan fingerprint density at radius 2 is 1.52 bits per heavy atom. The van der Waals surface area contributed by atoms with E-state index in [9.17, 15) is 10.2 Å². The van der Waals surface area contributed by atoms with E-state index in [1.807, 2.05) is 43.3 Å². The molecule has 0 saturated heterocycles. The van der Waals surface area contributed by atoms with Crippen molar-refractivity contribution in [1.29, 1.82) is 0 Å². The van der Waals surface area contributed by atoms with Crippen molar-refractivity contribution in [2.75, 3.05) is 6.54 Å². The lowest BCUT2D eigenvalue weighted by atomic mass is 9.98. The van der Waals surface area contributed by atoms with Gasteiger partial charge in [-0.2, -0.15) is 0 Å². The molecule has 2 atom stereocenters. The highest BCUT2D eigenvalue weighted by Crippen LogP contribution is 2.25. The fourth-order valence-corrected chi connectivity index (χ4v) is 2.27. The number of phenols is 1. The van der Waals surface area contributed by atoms with Crippen LogP contribution >= 0.6 is 11.6 Å². The van der Waals surface area contributed by atoms with Crippen LogP contribution in [0, 0.1) is 0 Å². The Hall–Kier alpha value is -1.55. The van der Waals surface area contributed by atoms with Crippen molar-refractivity contribution >= 4 is 11.6 Å². The first-order valence-corrected chi connectivity index (χ1v) is 7.43. The minimum absolute atomic E-state index is 0.0518. The third-order valence-corrected chi connectivity index (χ3v) is 3.71. The summed E-state index contributed by atoms with van der Waals surface area (Å²) in [6.45, 7) is 2.45. The van der Waals surface area contributed by atoms with Gasteiger partial charge in [0.2, 0.25) is 0 Å². The number of hydrogen-bond donors (Lipinski definition) is 3. The molecule has 3 nitrogen and oxygen atoms in total. The van der Waals surface area contributed by atoms with Gasteiger partial charge in [0.15, 0.2) is 0 Å². The molecule has 0 heterocycles. The minimum Gasteiger partial charge on any atom is -0.508 e. The Morgan fingerprint density at radius 3 is 2.05 bits per heavy atom. The smallest absolute Gasteiger partial charge is 0.115 e. The number of phenolic OH excluding ortho intramolecular Hbond substituents is 1. The van der Waals surface area contributed by atoms with E-state index in [0.29, 0.717) is 18.0 Å². The van der Waals surface area contributed by atoms with Crippen LogP contribution in [0.1, 0.15) is 30.5 Å². The lowest BCUT2D eigenvalue weighted by Crippen LogP contribution is -2.30. The molecule has 0 aliphatic heterocycles. The van der Waals surface area contributed by atoms with Crippen LogP contribution in [0.15, 0.2) is 48.5 Å². The molecular formula is C17H20ClNO2. The van der Waals surface area contributed by atoms with E-state index >= 15 is 0 Å². The van der Waals surface area contributed by atoms with Gasteiger partial charge in [0.1, 0.15) is 5.75 Å². The lowest BCUT2D eigenvalue weighted by Gasteiger charge is -2.21. The van der Waals surface area contributed by atoms with Gasteiger partial charge in [-0.15, -0.1) is 0 Å².